The number of likely N-dealkylation sites (tertiary alicyclic amines) is 1. The molecule has 0 unspecified atom stereocenters. The summed E-state index contributed by atoms with van der Waals surface area (Å²) >= 11 is 0. The van der Waals surface area contributed by atoms with Gasteiger partial charge in [0.1, 0.15) is 25.4 Å². The molecule has 0 N–H and O–H groups in total. The third kappa shape index (κ3) is 5.80. The summed E-state index contributed by atoms with van der Waals surface area (Å²) < 4.78 is 31.3. The van der Waals surface area contributed by atoms with E-state index in [4.69, 9.17) is 14.2 Å². The lowest BCUT2D eigenvalue weighted by Crippen LogP contribution is -2.43. The molecule has 0 aromatic heterocycles. The third-order valence-electron chi connectivity index (χ3n) is 5.68. The number of nitrogens with zero attached hydrogens (tertiary/aromatic N) is 1. The van der Waals surface area contributed by atoms with Crippen LogP contribution >= 0.6 is 0 Å². The molecule has 176 valence electrons. The normalized spacial score (nSPS) is 19.6. The molecule has 1 aliphatic rings. The van der Waals surface area contributed by atoms with Crippen LogP contribution in [0, 0.1) is 0 Å². The number of carbonyl (C=O) groups is 2. The number of carbonyl (C=O) groups excluding carboxylic acids is 2. The number of alkyl halides is 1. The van der Waals surface area contributed by atoms with Gasteiger partial charge in [0.15, 0.2) is 6.10 Å². The molecule has 3 aromatic rings. The van der Waals surface area contributed by atoms with Crippen molar-refractivity contribution in [3.8, 4) is 0 Å². The van der Waals surface area contributed by atoms with Crippen molar-refractivity contribution in [3.63, 3.8) is 0 Å². The first-order valence-corrected chi connectivity index (χ1v) is 11.1. The fourth-order valence-corrected chi connectivity index (χ4v) is 3.89. The summed E-state index contributed by atoms with van der Waals surface area (Å²) in [6.45, 7) is -0.573. The molecular formula is C27H26FNO5. The van der Waals surface area contributed by atoms with Gasteiger partial charge in [-0.25, -0.2) is 14.0 Å². The highest BCUT2D eigenvalue weighted by atomic mass is 19.1. The van der Waals surface area contributed by atoms with Crippen LogP contribution < -0.4 is 0 Å². The Morgan fingerprint density at radius 2 is 1.38 bits per heavy atom. The van der Waals surface area contributed by atoms with Crippen LogP contribution in [0.1, 0.15) is 21.5 Å². The lowest BCUT2D eigenvalue weighted by atomic mass is 10.1. The minimum Gasteiger partial charge on any atom is -0.454 e. The van der Waals surface area contributed by atoms with Crippen molar-refractivity contribution in [2.75, 3.05) is 13.2 Å². The maximum Gasteiger partial charge on any atom is 0.410 e. The van der Waals surface area contributed by atoms with Crippen LogP contribution in [-0.4, -0.2) is 48.4 Å². The van der Waals surface area contributed by atoms with E-state index in [0.717, 1.165) is 11.1 Å². The molecule has 3 atom stereocenters. The molecule has 7 heteroatoms. The lowest BCUT2D eigenvalue weighted by Gasteiger charge is -2.25. The molecule has 1 heterocycles. The molecule has 0 aliphatic carbocycles. The van der Waals surface area contributed by atoms with Crippen LogP contribution in [0.3, 0.4) is 0 Å². The summed E-state index contributed by atoms with van der Waals surface area (Å²) in [5.41, 5.74) is 2.07. The molecule has 0 bridgehead atoms. The highest BCUT2D eigenvalue weighted by molar-refractivity contribution is 5.89. The van der Waals surface area contributed by atoms with E-state index >= 15 is 0 Å². The van der Waals surface area contributed by atoms with Crippen LogP contribution in [0.15, 0.2) is 91.0 Å². The second-order valence-electron chi connectivity index (χ2n) is 7.99. The molecule has 6 nitrogen and oxygen atoms in total. The topological polar surface area (TPSA) is 65.1 Å². The zero-order valence-corrected chi connectivity index (χ0v) is 18.6. The van der Waals surface area contributed by atoms with Crippen molar-refractivity contribution in [1.29, 1.82) is 0 Å². The maximum absolute atomic E-state index is 14.2. The first-order chi connectivity index (χ1) is 16.7. The average Bonchev–Trinajstić information content (AvgIpc) is 3.24. The summed E-state index contributed by atoms with van der Waals surface area (Å²) in [4.78, 5) is 26.8. The van der Waals surface area contributed by atoms with E-state index in [1.165, 1.54) is 4.90 Å². The van der Waals surface area contributed by atoms with Gasteiger partial charge < -0.3 is 14.2 Å². The van der Waals surface area contributed by atoms with E-state index in [2.05, 4.69) is 0 Å². The Hall–Kier alpha value is -3.71. The van der Waals surface area contributed by atoms with Gasteiger partial charge in [-0.05, 0) is 23.3 Å². The summed E-state index contributed by atoms with van der Waals surface area (Å²) in [5, 5.41) is 0. The average molecular weight is 464 g/mol. The number of amides is 1. The highest BCUT2D eigenvalue weighted by Gasteiger charge is 2.48. The van der Waals surface area contributed by atoms with Crippen LogP contribution in [0.2, 0.25) is 0 Å². The SMILES string of the molecule is O=C(O[C@H]1[C@@H](OCc2ccccc2)CN(C(=O)OCc2ccccc2)[C@H]1CF)c1ccccc1. The summed E-state index contributed by atoms with van der Waals surface area (Å²) in [7, 11) is 0. The minimum absolute atomic E-state index is 0.0434. The molecule has 1 fully saturated rings. The van der Waals surface area contributed by atoms with Crippen LogP contribution in [0.25, 0.3) is 0 Å². The second kappa shape index (κ2) is 11.4. The molecule has 1 amide bonds. The van der Waals surface area contributed by atoms with Crippen LogP contribution in [-0.2, 0) is 27.4 Å². The van der Waals surface area contributed by atoms with Crippen molar-refractivity contribution in [2.24, 2.45) is 0 Å². The Morgan fingerprint density at radius 3 is 1.97 bits per heavy atom. The van der Waals surface area contributed by atoms with E-state index in [0.29, 0.717) is 5.56 Å². The molecule has 0 radical (unpaired) electrons. The smallest absolute Gasteiger partial charge is 0.410 e. The number of halogens is 1. The van der Waals surface area contributed by atoms with Gasteiger partial charge in [0, 0.05) is 0 Å². The number of benzene rings is 3. The van der Waals surface area contributed by atoms with Gasteiger partial charge in [0.05, 0.1) is 18.7 Å². The number of esters is 1. The highest BCUT2D eigenvalue weighted by Crippen LogP contribution is 2.27. The zero-order chi connectivity index (χ0) is 23.8. The van der Waals surface area contributed by atoms with Gasteiger partial charge in [-0.3, -0.25) is 4.90 Å². The van der Waals surface area contributed by atoms with Crippen LogP contribution in [0.4, 0.5) is 9.18 Å². The molecular weight excluding hydrogens is 437 g/mol. The Kier molecular flexibility index (Phi) is 7.88. The van der Waals surface area contributed by atoms with Crippen molar-refractivity contribution >= 4 is 12.1 Å². The maximum atomic E-state index is 14.2. The van der Waals surface area contributed by atoms with Gasteiger partial charge in [-0.2, -0.15) is 0 Å². The van der Waals surface area contributed by atoms with E-state index in [1.54, 1.807) is 30.3 Å². The largest absolute Gasteiger partial charge is 0.454 e. The number of ether oxygens (including phenoxy) is 3. The van der Waals surface area contributed by atoms with E-state index in [9.17, 15) is 14.0 Å². The van der Waals surface area contributed by atoms with Crippen molar-refractivity contribution < 1.29 is 28.2 Å². The molecule has 0 spiro atoms. The molecule has 1 saturated heterocycles. The fraction of sp³-hybridized carbons (Fsp3) is 0.259. The minimum atomic E-state index is -1.02. The summed E-state index contributed by atoms with van der Waals surface area (Å²) in [6.07, 6.45) is -2.37. The predicted octanol–water partition coefficient (Wildman–Crippen LogP) is 4.79. The van der Waals surface area contributed by atoms with Crippen molar-refractivity contribution in [2.45, 2.75) is 31.5 Å². The number of rotatable bonds is 8. The molecule has 1 aliphatic heterocycles. The molecule has 0 saturated carbocycles. The second-order valence-corrected chi connectivity index (χ2v) is 7.99. The molecule has 34 heavy (non-hydrogen) atoms. The number of hydrogen-bond donors (Lipinski definition) is 0. The molecule has 4 rings (SSSR count). The lowest BCUT2D eigenvalue weighted by molar-refractivity contribution is -0.0460. The summed E-state index contributed by atoms with van der Waals surface area (Å²) in [6, 6.07) is 26.1. The zero-order valence-electron chi connectivity index (χ0n) is 18.6. The Morgan fingerprint density at radius 1 is 0.824 bits per heavy atom. The first-order valence-electron chi connectivity index (χ1n) is 11.1. The van der Waals surface area contributed by atoms with Crippen molar-refractivity contribution in [1.82, 2.24) is 4.90 Å². The quantitative estimate of drug-likeness (QED) is 0.450. The van der Waals surface area contributed by atoms with Gasteiger partial charge in [0.2, 0.25) is 0 Å². The van der Waals surface area contributed by atoms with Crippen molar-refractivity contribution in [3.05, 3.63) is 108 Å². The standard InChI is InChI=1S/C27H26FNO5/c28-16-23-25(34-26(30)22-14-8-3-9-15-22)24(32-18-20-10-4-1-5-11-20)17-29(23)27(31)33-19-21-12-6-2-7-13-21/h1-15,23-25H,16-19H2/t23-,24-,25+/m0/s1. The van der Waals surface area contributed by atoms with E-state index in [-0.39, 0.29) is 19.8 Å². The van der Waals surface area contributed by atoms with E-state index < -0.39 is 37.0 Å². The van der Waals surface area contributed by atoms with E-state index in [1.807, 2.05) is 60.7 Å². The number of hydrogen-bond acceptors (Lipinski definition) is 5. The Labute approximate surface area is 197 Å². The first kappa shape index (κ1) is 23.4. The monoisotopic (exact) mass is 463 g/mol. The van der Waals surface area contributed by atoms with Gasteiger partial charge >= 0.3 is 12.1 Å². The fourth-order valence-electron chi connectivity index (χ4n) is 3.89. The van der Waals surface area contributed by atoms with Crippen LogP contribution in [0.5, 0.6) is 0 Å². The Balaban J connectivity index is 1.49. The van der Waals surface area contributed by atoms with Gasteiger partial charge in [0.25, 0.3) is 0 Å². The third-order valence-corrected chi connectivity index (χ3v) is 5.68. The molecule has 3 aromatic carbocycles. The Bertz CT molecular complexity index is 1060. The predicted molar refractivity (Wildman–Crippen MR) is 124 cm³/mol. The summed E-state index contributed by atoms with van der Waals surface area (Å²) in [5.74, 6) is -0.600. The van der Waals surface area contributed by atoms with Gasteiger partial charge in [-0.1, -0.05) is 78.9 Å². The van der Waals surface area contributed by atoms with Gasteiger partial charge in [-0.15, -0.1) is 0 Å².